The van der Waals surface area contributed by atoms with Gasteiger partial charge in [-0.2, -0.15) is 0 Å². The van der Waals surface area contributed by atoms with Crippen molar-refractivity contribution in [1.82, 2.24) is 0 Å². The van der Waals surface area contributed by atoms with Gasteiger partial charge in [0.25, 0.3) is 0 Å². The van der Waals surface area contributed by atoms with E-state index in [1.54, 1.807) is 0 Å². The SMILES string of the molecule is CC(C)C1=CCC=C1O. The topological polar surface area (TPSA) is 20.2 Å². The molecule has 0 heterocycles. The van der Waals surface area contributed by atoms with E-state index in [1.807, 2.05) is 6.08 Å². The highest BCUT2D eigenvalue weighted by molar-refractivity contribution is 5.32. The molecule has 1 aliphatic carbocycles. The zero-order chi connectivity index (χ0) is 6.85. The molecule has 50 valence electrons. The molecule has 1 N–H and O–H groups in total. The molecule has 0 atom stereocenters. The Bertz CT molecular complexity index is 163. The van der Waals surface area contributed by atoms with Gasteiger partial charge in [0.15, 0.2) is 0 Å². The van der Waals surface area contributed by atoms with Crippen LogP contribution >= 0.6 is 0 Å². The molecule has 0 radical (unpaired) electrons. The van der Waals surface area contributed by atoms with Crippen molar-refractivity contribution in [2.75, 3.05) is 0 Å². The zero-order valence-electron chi connectivity index (χ0n) is 5.89. The second-order valence-electron chi connectivity index (χ2n) is 2.64. The van der Waals surface area contributed by atoms with E-state index in [-0.39, 0.29) is 0 Å². The quantitative estimate of drug-likeness (QED) is 0.569. The van der Waals surface area contributed by atoms with E-state index in [0.717, 1.165) is 12.0 Å². The molecule has 0 aromatic carbocycles. The first-order valence-electron chi connectivity index (χ1n) is 3.31. The van der Waals surface area contributed by atoms with Crippen LogP contribution < -0.4 is 0 Å². The van der Waals surface area contributed by atoms with E-state index in [2.05, 4.69) is 19.9 Å². The molecule has 0 amide bonds. The summed E-state index contributed by atoms with van der Waals surface area (Å²) in [5.74, 6) is 0.939. The fourth-order valence-corrected chi connectivity index (χ4v) is 1.05. The highest BCUT2D eigenvalue weighted by Gasteiger charge is 2.10. The lowest BCUT2D eigenvalue weighted by atomic mass is 10.0. The summed E-state index contributed by atoms with van der Waals surface area (Å²) in [5.41, 5.74) is 1.09. The van der Waals surface area contributed by atoms with Crippen molar-refractivity contribution >= 4 is 0 Å². The van der Waals surface area contributed by atoms with Gasteiger partial charge in [-0.15, -0.1) is 0 Å². The van der Waals surface area contributed by atoms with Gasteiger partial charge < -0.3 is 5.11 Å². The normalized spacial score (nSPS) is 18.1. The van der Waals surface area contributed by atoms with Crippen LogP contribution in [0.15, 0.2) is 23.5 Å². The molecule has 1 rings (SSSR count). The molecular formula is C8H12O. The maximum atomic E-state index is 9.15. The summed E-state index contributed by atoms with van der Waals surface area (Å²) < 4.78 is 0. The van der Waals surface area contributed by atoms with Gasteiger partial charge in [-0.3, -0.25) is 0 Å². The molecule has 0 aromatic heterocycles. The zero-order valence-corrected chi connectivity index (χ0v) is 5.89. The lowest BCUT2D eigenvalue weighted by Crippen LogP contribution is -1.93. The summed E-state index contributed by atoms with van der Waals surface area (Å²) in [6.07, 6.45) is 4.81. The maximum absolute atomic E-state index is 9.15. The smallest absolute Gasteiger partial charge is 0.115 e. The van der Waals surface area contributed by atoms with Gasteiger partial charge in [-0.25, -0.2) is 0 Å². The summed E-state index contributed by atoms with van der Waals surface area (Å²) in [4.78, 5) is 0. The molecule has 1 aliphatic rings. The third kappa shape index (κ3) is 1.15. The number of rotatable bonds is 1. The Labute approximate surface area is 55.7 Å². The number of aliphatic hydroxyl groups excluding tert-OH is 1. The number of hydrogen-bond acceptors (Lipinski definition) is 1. The van der Waals surface area contributed by atoms with Crippen molar-refractivity contribution in [3.05, 3.63) is 23.5 Å². The molecule has 0 saturated heterocycles. The van der Waals surface area contributed by atoms with Gasteiger partial charge >= 0.3 is 0 Å². The fourth-order valence-electron chi connectivity index (χ4n) is 1.05. The minimum Gasteiger partial charge on any atom is -0.508 e. The van der Waals surface area contributed by atoms with Gasteiger partial charge in [-0.05, 0) is 24.0 Å². The molecule has 0 aliphatic heterocycles. The van der Waals surface area contributed by atoms with Crippen LogP contribution in [0.3, 0.4) is 0 Å². The van der Waals surface area contributed by atoms with Crippen LogP contribution in [0.1, 0.15) is 20.3 Å². The van der Waals surface area contributed by atoms with Crippen molar-refractivity contribution in [3.8, 4) is 0 Å². The Kier molecular flexibility index (Phi) is 1.60. The van der Waals surface area contributed by atoms with Crippen LogP contribution in [-0.4, -0.2) is 5.11 Å². The molecule has 0 unspecified atom stereocenters. The van der Waals surface area contributed by atoms with Crippen LogP contribution in [0, 0.1) is 5.92 Å². The lowest BCUT2D eigenvalue weighted by Gasteiger charge is -2.04. The first kappa shape index (κ1) is 6.40. The van der Waals surface area contributed by atoms with Crippen LogP contribution in [-0.2, 0) is 0 Å². The summed E-state index contributed by atoms with van der Waals surface area (Å²) in [6.45, 7) is 4.17. The van der Waals surface area contributed by atoms with E-state index in [1.165, 1.54) is 0 Å². The fraction of sp³-hybridized carbons (Fsp3) is 0.500. The molecule has 1 heteroatoms. The van der Waals surface area contributed by atoms with Crippen molar-refractivity contribution in [2.24, 2.45) is 5.92 Å². The summed E-state index contributed by atoms with van der Waals surface area (Å²) in [5, 5.41) is 9.15. The Morgan fingerprint density at radius 1 is 1.44 bits per heavy atom. The number of allylic oxidation sites excluding steroid dienone is 3. The molecule has 9 heavy (non-hydrogen) atoms. The maximum Gasteiger partial charge on any atom is 0.115 e. The second kappa shape index (κ2) is 2.26. The van der Waals surface area contributed by atoms with Gasteiger partial charge in [0.05, 0.1) is 0 Å². The Balaban J connectivity index is 2.72. The molecule has 0 saturated carbocycles. The molecule has 0 aromatic rings. The molecule has 0 fully saturated rings. The van der Waals surface area contributed by atoms with E-state index < -0.39 is 0 Å². The first-order chi connectivity index (χ1) is 4.22. The van der Waals surface area contributed by atoms with Gasteiger partial charge in [0, 0.05) is 0 Å². The van der Waals surface area contributed by atoms with E-state index in [4.69, 9.17) is 5.11 Å². The predicted molar refractivity (Wildman–Crippen MR) is 38.2 cm³/mol. The van der Waals surface area contributed by atoms with Crippen LogP contribution in [0.4, 0.5) is 0 Å². The molecule has 0 bridgehead atoms. The predicted octanol–water partition coefficient (Wildman–Crippen LogP) is 2.41. The minimum atomic E-state index is 0.462. The molecule has 0 spiro atoms. The average Bonchev–Trinajstić information content (AvgIpc) is 2.13. The largest absolute Gasteiger partial charge is 0.508 e. The number of hydrogen-bond donors (Lipinski definition) is 1. The average molecular weight is 124 g/mol. The first-order valence-corrected chi connectivity index (χ1v) is 3.31. The highest BCUT2D eigenvalue weighted by Crippen LogP contribution is 2.23. The van der Waals surface area contributed by atoms with Crippen molar-refractivity contribution in [1.29, 1.82) is 0 Å². The Morgan fingerprint density at radius 3 is 2.33 bits per heavy atom. The van der Waals surface area contributed by atoms with E-state index in [9.17, 15) is 0 Å². The van der Waals surface area contributed by atoms with E-state index in [0.29, 0.717) is 11.7 Å². The Morgan fingerprint density at radius 2 is 2.11 bits per heavy atom. The summed E-state index contributed by atoms with van der Waals surface area (Å²) in [7, 11) is 0. The summed E-state index contributed by atoms with van der Waals surface area (Å²) >= 11 is 0. The third-order valence-electron chi connectivity index (χ3n) is 1.57. The van der Waals surface area contributed by atoms with Gasteiger partial charge in [0.1, 0.15) is 5.76 Å². The van der Waals surface area contributed by atoms with Crippen LogP contribution in [0.5, 0.6) is 0 Å². The number of aliphatic hydroxyl groups is 1. The molecular weight excluding hydrogens is 112 g/mol. The van der Waals surface area contributed by atoms with Crippen LogP contribution in [0.2, 0.25) is 0 Å². The van der Waals surface area contributed by atoms with Crippen LogP contribution in [0.25, 0.3) is 0 Å². The molecule has 1 nitrogen and oxygen atoms in total. The third-order valence-corrected chi connectivity index (χ3v) is 1.57. The minimum absolute atomic E-state index is 0.462. The second-order valence-corrected chi connectivity index (χ2v) is 2.64. The van der Waals surface area contributed by atoms with Crippen molar-refractivity contribution in [3.63, 3.8) is 0 Å². The van der Waals surface area contributed by atoms with Crippen molar-refractivity contribution in [2.45, 2.75) is 20.3 Å². The summed E-state index contributed by atoms with van der Waals surface area (Å²) in [6, 6.07) is 0. The van der Waals surface area contributed by atoms with Gasteiger partial charge in [0.2, 0.25) is 0 Å². The highest BCUT2D eigenvalue weighted by atomic mass is 16.3. The van der Waals surface area contributed by atoms with Gasteiger partial charge in [-0.1, -0.05) is 19.9 Å². The van der Waals surface area contributed by atoms with E-state index >= 15 is 0 Å². The standard InChI is InChI=1S/C8H12O/c1-6(2)7-4-3-5-8(7)9/h4-6,9H,3H2,1-2H3. The lowest BCUT2D eigenvalue weighted by molar-refractivity contribution is 0.413. The Hall–Kier alpha value is -0.720. The monoisotopic (exact) mass is 124 g/mol. The van der Waals surface area contributed by atoms with Crippen molar-refractivity contribution < 1.29 is 5.11 Å².